The van der Waals surface area contributed by atoms with Crippen molar-refractivity contribution < 1.29 is 14.6 Å². The van der Waals surface area contributed by atoms with Crippen molar-refractivity contribution in [2.45, 2.75) is 25.7 Å². The van der Waals surface area contributed by atoms with Crippen molar-refractivity contribution >= 4 is 17.4 Å². The first-order valence-electron chi connectivity index (χ1n) is 4.23. The molecule has 6 heteroatoms. The predicted molar refractivity (Wildman–Crippen MR) is 49.9 cm³/mol. The van der Waals surface area contributed by atoms with Crippen molar-refractivity contribution in [3.05, 3.63) is 16.1 Å². The Morgan fingerprint density at radius 3 is 3.07 bits per heavy atom. The summed E-state index contributed by atoms with van der Waals surface area (Å²) in [6.07, 6.45) is -0.622. The Bertz CT molecular complexity index is 352. The largest absolute Gasteiger partial charge is 0.444 e. The van der Waals surface area contributed by atoms with Crippen molar-refractivity contribution in [3.63, 3.8) is 0 Å². The van der Waals surface area contributed by atoms with Crippen LogP contribution in [0.2, 0.25) is 0 Å². The van der Waals surface area contributed by atoms with Crippen molar-refractivity contribution in [1.29, 1.82) is 0 Å². The molecule has 14 heavy (non-hydrogen) atoms. The third-order valence-electron chi connectivity index (χ3n) is 2.03. The van der Waals surface area contributed by atoms with Crippen molar-refractivity contribution in [3.8, 4) is 0 Å². The summed E-state index contributed by atoms with van der Waals surface area (Å²) in [6, 6.07) is -0.187. The summed E-state index contributed by atoms with van der Waals surface area (Å²) in [5.74, 6) is 0. The number of rotatable bonds is 2. The number of aromatic nitrogens is 1. The fourth-order valence-corrected chi connectivity index (χ4v) is 2.27. The molecule has 1 aromatic heterocycles. The third kappa shape index (κ3) is 1.58. The second-order valence-electron chi connectivity index (χ2n) is 3.07. The van der Waals surface area contributed by atoms with Gasteiger partial charge in [-0.15, -0.1) is 11.3 Å². The Kier molecular flexibility index (Phi) is 2.39. The van der Waals surface area contributed by atoms with E-state index in [1.54, 1.807) is 5.38 Å². The molecule has 1 amide bonds. The molecule has 76 valence electrons. The maximum absolute atomic E-state index is 10.9. The van der Waals surface area contributed by atoms with Crippen LogP contribution in [-0.4, -0.2) is 22.3 Å². The van der Waals surface area contributed by atoms with Crippen molar-refractivity contribution in [2.75, 3.05) is 0 Å². The quantitative estimate of drug-likeness (QED) is 0.764. The van der Waals surface area contributed by atoms with Gasteiger partial charge in [-0.1, -0.05) is 0 Å². The summed E-state index contributed by atoms with van der Waals surface area (Å²) in [5, 5.41) is 14.0. The van der Waals surface area contributed by atoms with Crippen LogP contribution in [0.1, 0.15) is 23.7 Å². The van der Waals surface area contributed by atoms with Crippen LogP contribution in [0.15, 0.2) is 5.38 Å². The standard InChI is InChI=1S/C8H10N2O3S/c1-4-6(10-8(12)13-4)7-9-5(2-11)3-14-7/h3-4,6,11H,2H2,1H3,(H,10,12). The molecule has 1 aromatic rings. The third-order valence-corrected chi connectivity index (χ3v) is 3.01. The molecule has 1 saturated heterocycles. The van der Waals surface area contributed by atoms with Crippen LogP contribution in [0.3, 0.4) is 0 Å². The molecule has 2 rings (SSSR count). The summed E-state index contributed by atoms with van der Waals surface area (Å²) in [6.45, 7) is 1.73. The second-order valence-corrected chi connectivity index (χ2v) is 3.96. The molecular formula is C8H10N2O3S. The molecule has 0 aliphatic carbocycles. The SMILES string of the molecule is CC1OC(=O)NC1c1nc(CO)cs1. The molecular weight excluding hydrogens is 204 g/mol. The Morgan fingerprint density at radius 1 is 1.79 bits per heavy atom. The number of cyclic esters (lactones) is 1. The average Bonchev–Trinajstić information content (AvgIpc) is 2.71. The maximum atomic E-state index is 10.9. The minimum atomic E-state index is -0.414. The molecule has 0 spiro atoms. The highest BCUT2D eigenvalue weighted by Crippen LogP contribution is 2.26. The summed E-state index contributed by atoms with van der Waals surface area (Å²) in [5.41, 5.74) is 0.623. The number of aliphatic hydroxyl groups excluding tert-OH is 1. The smallest absolute Gasteiger partial charge is 0.408 e. The average molecular weight is 214 g/mol. The highest BCUT2D eigenvalue weighted by atomic mass is 32.1. The fourth-order valence-electron chi connectivity index (χ4n) is 1.32. The Balaban J connectivity index is 2.18. The number of hydrogen-bond donors (Lipinski definition) is 2. The van der Waals surface area contributed by atoms with Crippen molar-refractivity contribution in [2.24, 2.45) is 0 Å². The first-order valence-corrected chi connectivity index (χ1v) is 5.11. The van der Waals surface area contributed by atoms with Crippen LogP contribution in [0, 0.1) is 0 Å². The van der Waals surface area contributed by atoms with Gasteiger partial charge in [-0.25, -0.2) is 9.78 Å². The lowest BCUT2D eigenvalue weighted by Gasteiger charge is -2.08. The molecule has 2 heterocycles. The van der Waals surface area contributed by atoms with Gasteiger partial charge in [0, 0.05) is 5.38 Å². The van der Waals surface area contributed by atoms with Gasteiger partial charge < -0.3 is 15.2 Å². The zero-order chi connectivity index (χ0) is 10.1. The van der Waals surface area contributed by atoms with Gasteiger partial charge in [-0.2, -0.15) is 0 Å². The highest BCUT2D eigenvalue weighted by molar-refractivity contribution is 7.09. The summed E-state index contributed by atoms with van der Waals surface area (Å²) < 4.78 is 4.93. The number of hydrogen-bond acceptors (Lipinski definition) is 5. The molecule has 1 fully saturated rings. The predicted octanol–water partition coefficient (Wildman–Crippen LogP) is 0.805. The Morgan fingerprint density at radius 2 is 2.57 bits per heavy atom. The van der Waals surface area contributed by atoms with Crippen LogP contribution in [0.5, 0.6) is 0 Å². The zero-order valence-electron chi connectivity index (χ0n) is 7.56. The van der Waals surface area contributed by atoms with E-state index in [9.17, 15) is 4.79 Å². The monoisotopic (exact) mass is 214 g/mol. The number of carbonyl (C=O) groups excluding carboxylic acids is 1. The molecule has 0 aromatic carbocycles. The second kappa shape index (κ2) is 3.55. The molecule has 5 nitrogen and oxygen atoms in total. The van der Waals surface area contributed by atoms with E-state index >= 15 is 0 Å². The van der Waals surface area contributed by atoms with Crippen LogP contribution in [-0.2, 0) is 11.3 Å². The van der Waals surface area contributed by atoms with E-state index in [4.69, 9.17) is 9.84 Å². The Hall–Kier alpha value is -1.14. The first-order chi connectivity index (χ1) is 6.70. The van der Waals surface area contributed by atoms with E-state index in [2.05, 4.69) is 10.3 Å². The molecule has 2 unspecified atom stereocenters. The Labute approximate surface area is 84.7 Å². The van der Waals surface area contributed by atoms with Gasteiger partial charge in [-0.05, 0) is 6.92 Å². The molecule has 0 radical (unpaired) electrons. The van der Waals surface area contributed by atoms with Crippen LogP contribution in [0.4, 0.5) is 4.79 Å². The normalized spacial score (nSPS) is 26.0. The van der Waals surface area contributed by atoms with E-state index in [0.717, 1.165) is 5.01 Å². The van der Waals surface area contributed by atoms with Crippen LogP contribution >= 0.6 is 11.3 Å². The van der Waals surface area contributed by atoms with E-state index in [1.165, 1.54) is 11.3 Å². The number of nitrogens with one attached hydrogen (secondary N) is 1. The van der Waals surface area contributed by atoms with Gasteiger partial charge in [0.25, 0.3) is 0 Å². The number of amides is 1. The summed E-state index contributed by atoms with van der Waals surface area (Å²) in [4.78, 5) is 15.1. The number of thiazole rings is 1. The maximum Gasteiger partial charge on any atom is 0.408 e. The van der Waals surface area contributed by atoms with Gasteiger partial charge in [0.05, 0.1) is 12.3 Å². The molecule has 2 atom stereocenters. The number of alkyl carbamates (subject to hydrolysis) is 1. The first kappa shape index (κ1) is 9.42. The topological polar surface area (TPSA) is 71.5 Å². The summed E-state index contributed by atoms with van der Waals surface area (Å²) in [7, 11) is 0. The summed E-state index contributed by atoms with van der Waals surface area (Å²) >= 11 is 1.41. The van der Waals surface area contributed by atoms with E-state index in [-0.39, 0.29) is 18.8 Å². The molecule has 1 aliphatic heterocycles. The zero-order valence-corrected chi connectivity index (χ0v) is 8.37. The number of aliphatic hydroxyl groups is 1. The van der Waals surface area contributed by atoms with Crippen LogP contribution in [0.25, 0.3) is 0 Å². The van der Waals surface area contributed by atoms with Gasteiger partial charge in [0.2, 0.25) is 0 Å². The minimum absolute atomic E-state index is 0.0770. The number of ether oxygens (including phenoxy) is 1. The van der Waals surface area contributed by atoms with E-state index in [0.29, 0.717) is 5.69 Å². The molecule has 0 saturated carbocycles. The highest BCUT2D eigenvalue weighted by Gasteiger charge is 2.33. The number of nitrogens with zero attached hydrogens (tertiary/aromatic N) is 1. The fraction of sp³-hybridized carbons (Fsp3) is 0.500. The molecule has 0 bridgehead atoms. The van der Waals surface area contributed by atoms with E-state index < -0.39 is 6.09 Å². The van der Waals surface area contributed by atoms with Gasteiger partial charge in [0.15, 0.2) is 0 Å². The van der Waals surface area contributed by atoms with E-state index in [1.807, 2.05) is 6.92 Å². The van der Waals surface area contributed by atoms with Gasteiger partial charge >= 0.3 is 6.09 Å². The lowest BCUT2D eigenvalue weighted by atomic mass is 10.2. The number of carbonyl (C=O) groups is 1. The molecule has 1 aliphatic rings. The lowest BCUT2D eigenvalue weighted by Crippen LogP contribution is -2.20. The minimum Gasteiger partial charge on any atom is -0.444 e. The molecule has 2 N–H and O–H groups in total. The lowest BCUT2D eigenvalue weighted by molar-refractivity contribution is 0.141. The van der Waals surface area contributed by atoms with Crippen molar-refractivity contribution in [1.82, 2.24) is 10.3 Å². The van der Waals surface area contributed by atoms with Gasteiger partial charge in [-0.3, -0.25) is 0 Å². The van der Waals surface area contributed by atoms with Crippen LogP contribution < -0.4 is 5.32 Å². The van der Waals surface area contributed by atoms with Gasteiger partial charge in [0.1, 0.15) is 17.2 Å².